The van der Waals surface area contributed by atoms with Gasteiger partial charge in [0.15, 0.2) is 11.6 Å². The highest BCUT2D eigenvalue weighted by Gasteiger charge is 2.18. The Morgan fingerprint density at radius 1 is 1.20 bits per heavy atom. The zero-order chi connectivity index (χ0) is 14.7. The first-order chi connectivity index (χ1) is 9.51. The van der Waals surface area contributed by atoms with Gasteiger partial charge in [0, 0.05) is 22.4 Å². The van der Waals surface area contributed by atoms with Gasteiger partial charge in [-0.05, 0) is 41.1 Å². The number of halogens is 1. The minimum absolute atomic E-state index is 0.112. The summed E-state index contributed by atoms with van der Waals surface area (Å²) in [6, 6.07) is 7.22. The third kappa shape index (κ3) is 3.33. The van der Waals surface area contributed by atoms with Crippen LogP contribution in [0.5, 0.6) is 0 Å². The number of benzene rings is 1. The van der Waals surface area contributed by atoms with Crippen LogP contribution in [0.2, 0.25) is 0 Å². The van der Waals surface area contributed by atoms with Gasteiger partial charge in [-0.3, -0.25) is 14.3 Å². The summed E-state index contributed by atoms with van der Waals surface area (Å²) in [5, 5.41) is 4.23. The molecular weight excluding hydrogens is 367 g/mol. The van der Waals surface area contributed by atoms with Crippen molar-refractivity contribution in [1.29, 1.82) is 0 Å². The van der Waals surface area contributed by atoms with Crippen LogP contribution in [0.25, 0.3) is 0 Å². The van der Waals surface area contributed by atoms with Crippen molar-refractivity contribution in [3.05, 3.63) is 50.9 Å². The molecule has 1 heterocycles. The van der Waals surface area contributed by atoms with E-state index >= 15 is 0 Å². The molecule has 2 aromatic rings. The van der Waals surface area contributed by atoms with E-state index in [2.05, 4.69) is 27.7 Å². The summed E-state index contributed by atoms with van der Waals surface area (Å²) in [5.41, 5.74) is 1.86. The molecule has 0 saturated heterocycles. The minimum Gasteiger partial charge on any atom is -0.294 e. The van der Waals surface area contributed by atoms with Crippen LogP contribution < -0.4 is 0 Å². The molecular formula is C15H15IN2O2. The van der Waals surface area contributed by atoms with E-state index in [1.54, 1.807) is 30.1 Å². The average molecular weight is 382 g/mol. The topological polar surface area (TPSA) is 52.0 Å². The van der Waals surface area contributed by atoms with Crippen LogP contribution in [0.3, 0.4) is 0 Å². The number of Topliss-reactive ketones (excluding diaryl/α,β-unsaturated/α-hetero) is 2. The highest BCUT2D eigenvalue weighted by molar-refractivity contribution is 14.1. The van der Waals surface area contributed by atoms with E-state index in [1.807, 2.05) is 19.1 Å². The third-order valence-corrected chi connectivity index (χ3v) is 3.75. The van der Waals surface area contributed by atoms with Crippen molar-refractivity contribution >= 4 is 34.2 Å². The maximum atomic E-state index is 12.2. The first-order valence-corrected chi connectivity index (χ1v) is 7.43. The molecule has 0 saturated carbocycles. The minimum atomic E-state index is -0.168. The van der Waals surface area contributed by atoms with E-state index in [-0.39, 0.29) is 18.0 Å². The van der Waals surface area contributed by atoms with Gasteiger partial charge in [-0.25, -0.2) is 0 Å². The number of ketones is 2. The Morgan fingerprint density at radius 3 is 2.45 bits per heavy atom. The van der Waals surface area contributed by atoms with E-state index in [4.69, 9.17) is 0 Å². The standard InChI is InChI=1S/C15H15IN2O2/c1-3-13-12(9-18(2)17-13)15(20)8-14(19)10-4-6-11(16)7-5-10/h4-7,9H,3,8H2,1-2H3. The monoisotopic (exact) mass is 382 g/mol. The van der Waals surface area contributed by atoms with E-state index < -0.39 is 0 Å². The van der Waals surface area contributed by atoms with Crippen molar-refractivity contribution in [3.63, 3.8) is 0 Å². The molecule has 0 atom stereocenters. The number of hydrogen-bond donors (Lipinski definition) is 0. The second-order valence-corrected chi connectivity index (χ2v) is 5.79. The van der Waals surface area contributed by atoms with Crippen LogP contribution in [-0.2, 0) is 13.5 Å². The molecule has 1 aromatic heterocycles. The van der Waals surface area contributed by atoms with Crippen LogP contribution in [0.1, 0.15) is 39.8 Å². The lowest BCUT2D eigenvalue weighted by atomic mass is 10.0. The second-order valence-electron chi connectivity index (χ2n) is 4.55. The van der Waals surface area contributed by atoms with Crippen LogP contribution >= 0.6 is 22.6 Å². The number of rotatable bonds is 5. The van der Waals surface area contributed by atoms with Crippen LogP contribution in [0, 0.1) is 3.57 Å². The smallest absolute Gasteiger partial charge is 0.174 e. The summed E-state index contributed by atoms with van der Waals surface area (Å²) in [6.45, 7) is 1.94. The lowest BCUT2D eigenvalue weighted by molar-refractivity contribution is 0.0894. The molecule has 0 N–H and O–H groups in total. The normalized spacial score (nSPS) is 10.6. The zero-order valence-electron chi connectivity index (χ0n) is 11.4. The molecule has 4 nitrogen and oxygen atoms in total. The first kappa shape index (κ1) is 14.9. The Labute approximate surface area is 131 Å². The quantitative estimate of drug-likeness (QED) is 0.454. The van der Waals surface area contributed by atoms with Gasteiger partial charge in [0.05, 0.1) is 17.7 Å². The van der Waals surface area contributed by atoms with Gasteiger partial charge in [0.2, 0.25) is 0 Å². The van der Waals surface area contributed by atoms with Crippen molar-refractivity contribution in [2.45, 2.75) is 19.8 Å². The number of aromatic nitrogens is 2. The van der Waals surface area contributed by atoms with E-state index in [0.717, 1.165) is 9.26 Å². The molecule has 0 aliphatic carbocycles. The summed E-state index contributed by atoms with van der Waals surface area (Å²) in [7, 11) is 1.77. The molecule has 1 aromatic carbocycles. The molecule has 2 rings (SSSR count). The molecule has 0 fully saturated rings. The van der Waals surface area contributed by atoms with E-state index in [9.17, 15) is 9.59 Å². The number of aryl methyl sites for hydroxylation is 2. The Kier molecular flexibility index (Phi) is 4.69. The molecule has 104 valence electrons. The molecule has 5 heteroatoms. The maximum absolute atomic E-state index is 12.2. The van der Waals surface area contributed by atoms with Gasteiger partial charge in [0.25, 0.3) is 0 Å². The number of hydrogen-bond acceptors (Lipinski definition) is 3. The Bertz CT molecular complexity index is 644. The number of nitrogens with zero attached hydrogens (tertiary/aromatic N) is 2. The first-order valence-electron chi connectivity index (χ1n) is 6.35. The molecule has 0 amide bonds. The summed E-state index contributed by atoms with van der Waals surface area (Å²) >= 11 is 2.18. The fourth-order valence-corrected chi connectivity index (χ4v) is 2.37. The Balaban J connectivity index is 2.15. The predicted molar refractivity (Wildman–Crippen MR) is 85.0 cm³/mol. The Hall–Kier alpha value is -1.50. The van der Waals surface area contributed by atoms with Gasteiger partial charge >= 0.3 is 0 Å². The fourth-order valence-electron chi connectivity index (χ4n) is 2.01. The van der Waals surface area contributed by atoms with Gasteiger partial charge in [-0.1, -0.05) is 19.1 Å². The van der Waals surface area contributed by atoms with Gasteiger partial charge in [0.1, 0.15) is 0 Å². The summed E-state index contributed by atoms with van der Waals surface area (Å²) in [5.74, 6) is -0.323. The van der Waals surface area contributed by atoms with Crippen molar-refractivity contribution in [1.82, 2.24) is 9.78 Å². The molecule has 0 aliphatic rings. The van der Waals surface area contributed by atoms with Crippen LogP contribution in [0.4, 0.5) is 0 Å². The highest BCUT2D eigenvalue weighted by Crippen LogP contribution is 2.14. The fraction of sp³-hybridized carbons (Fsp3) is 0.267. The lowest BCUT2D eigenvalue weighted by Crippen LogP contribution is -2.09. The predicted octanol–water partition coefficient (Wildman–Crippen LogP) is 3.04. The van der Waals surface area contributed by atoms with Crippen LogP contribution in [-0.4, -0.2) is 21.3 Å². The zero-order valence-corrected chi connectivity index (χ0v) is 13.5. The maximum Gasteiger partial charge on any atom is 0.174 e. The summed E-state index contributed by atoms with van der Waals surface area (Å²) in [4.78, 5) is 24.3. The molecule has 0 bridgehead atoms. The molecule has 0 spiro atoms. The average Bonchev–Trinajstić information content (AvgIpc) is 2.80. The number of carbonyl (C=O) groups is 2. The lowest BCUT2D eigenvalue weighted by Gasteiger charge is -2.01. The largest absolute Gasteiger partial charge is 0.294 e. The SMILES string of the molecule is CCc1nn(C)cc1C(=O)CC(=O)c1ccc(I)cc1. The van der Waals surface area contributed by atoms with E-state index in [0.29, 0.717) is 17.5 Å². The summed E-state index contributed by atoms with van der Waals surface area (Å²) in [6.07, 6.45) is 2.25. The molecule has 0 radical (unpaired) electrons. The van der Waals surface area contributed by atoms with Crippen molar-refractivity contribution in [2.75, 3.05) is 0 Å². The van der Waals surface area contributed by atoms with Gasteiger partial charge in [-0.2, -0.15) is 5.10 Å². The summed E-state index contributed by atoms with van der Waals surface area (Å²) < 4.78 is 2.67. The van der Waals surface area contributed by atoms with Gasteiger partial charge in [-0.15, -0.1) is 0 Å². The molecule has 0 unspecified atom stereocenters. The third-order valence-electron chi connectivity index (χ3n) is 3.03. The van der Waals surface area contributed by atoms with Gasteiger partial charge < -0.3 is 0 Å². The second kappa shape index (κ2) is 6.30. The molecule has 0 aliphatic heterocycles. The highest BCUT2D eigenvalue weighted by atomic mass is 127. The number of carbonyl (C=O) groups excluding carboxylic acids is 2. The van der Waals surface area contributed by atoms with Crippen LogP contribution in [0.15, 0.2) is 30.5 Å². The molecule has 20 heavy (non-hydrogen) atoms. The Morgan fingerprint density at radius 2 is 1.85 bits per heavy atom. The van der Waals surface area contributed by atoms with E-state index in [1.165, 1.54) is 0 Å². The van der Waals surface area contributed by atoms with Crippen molar-refractivity contribution < 1.29 is 9.59 Å². The van der Waals surface area contributed by atoms with Crippen molar-refractivity contribution in [3.8, 4) is 0 Å². The van der Waals surface area contributed by atoms with Crippen molar-refractivity contribution in [2.24, 2.45) is 7.05 Å².